The van der Waals surface area contributed by atoms with E-state index >= 15 is 0 Å². The Balaban J connectivity index is 1.43. The van der Waals surface area contributed by atoms with E-state index in [0.29, 0.717) is 19.1 Å². The van der Waals surface area contributed by atoms with Crippen LogP contribution in [0.15, 0.2) is 24.3 Å². The molecule has 1 aromatic carbocycles. The van der Waals surface area contributed by atoms with E-state index in [1.165, 1.54) is 17.3 Å². The third kappa shape index (κ3) is 5.81. The van der Waals surface area contributed by atoms with Crippen LogP contribution in [0.3, 0.4) is 0 Å². The van der Waals surface area contributed by atoms with Gasteiger partial charge in [-0.1, -0.05) is 12.1 Å². The fraction of sp³-hybridized carbons (Fsp3) is 0.720. The van der Waals surface area contributed by atoms with Crippen molar-refractivity contribution in [3.05, 3.63) is 29.8 Å². The molecule has 36 heavy (non-hydrogen) atoms. The molecular formula is C25H37ClN2O7S. The van der Waals surface area contributed by atoms with Crippen molar-refractivity contribution >= 4 is 29.3 Å². The van der Waals surface area contributed by atoms with E-state index in [0.717, 1.165) is 18.6 Å². The van der Waals surface area contributed by atoms with Crippen molar-refractivity contribution in [3.63, 3.8) is 0 Å². The molecule has 3 aliphatic heterocycles. The minimum absolute atomic E-state index is 0.164. The summed E-state index contributed by atoms with van der Waals surface area (Å²) in [4.78, 5) is 13.4. The first-order valence-electron chi connectivity index (χ1n) is 12.4. The van der Waals surface area contributed by atoms with E-state index in [4.69, 9.17) is 25.8 Å². The van der Waals surface area contributed by atoms with E-state index in [1.807, 2.05) is 12.1 Å². The van der Waals surface area contributed by atoms with Gasteiger partial charge in [0.15, 0.2) is 0 Å². The zero-order chi connectivity index (χ0) is 26.0. The number of hydrogen-bond donors (Lipinski definition) is 5. The lowest BCUT2D eigenvalue weighted by molar-refractivity contribution is -0.205. The largest absolute Gasteiger partial charge is 0.497 e. The predicted octanol–water partition coefficient (Wildman–Crippen LogP) is 0.829. The van der Waals surface area contributed by atoms with Gasteiger partial charge in [0.1, 0.15) is 41.6 Å². The first-order valence-corrected chi connectivity index (χ1v) is 14.1. The monoisotopic (exact) mass is 544 g/mol. The standard InChI is InChI=1S/C25H37ClN2O7S/c1-12(26)17(23-20(30)19(29)21(31)25(35-23)36-3)28-24(32)18-22-15(11-27-18)10-14(8-9-34-22)13-4-6-16(33-2)7-5-13/h4-7,12,14-15,17-23,25,27,29-31H,8-11H2,1-3H3,(H,28,32)/t12-,14?,15-,17+,18-,19?,20?,21+,22+,23+,25?/m0/s1. The molecule has 3 fully saturated rings. The summed E-state index contributed by atoms with van der Waals surface area (Å²) in [7, 11) is 1.65. The van der Waals surface area contributed by atoms with Gasteiger partial charge in [-0.05, 0) is 49.6 Å². The maximum Gasteiger partial charge on any atom is 0.240 e. The molecule has 9 nitrogen and oxygen atoms in total. The summed E-state index contributed by atoms with van der Waals surface area (Å²) >= 11 is 7.64. The lowest BCUT2D eigenvalue weighted by Crippen LogP contribution is -2.65. The van der Waals surface area contributed by atoms with Crippen molar-refractivity contribution < 1.29 is 34.3 Å². The Morgan fingerprint density at radius 1 is 1.22 bits per heavy atom. The molecule has 1 aromatic rings. The van der Waals surface area contributed by atoms with Gasteiger partial charge in [-0.15, -0.1) is 23.4 Å². The normalized spacial score (nSPS) is 38.5. The van der Waals surface area contributed by atoms with Gasteiger partial charge >= 0.3 is 0 Å². The van der Waals surface area contributed by atoms with Crippen LogP contribution >= 0.6 is 23.4 Å². The van der Waals surface area contributed by atoms with Gasteiger partial charge in [0.2, 0.25) is 5.91 Å². The van der Waals surface area contributed by atoms with Gasteiger partial charge in [0.05, 0.1) is 24.6 Å². The number of carbonyl (C=O) groups excluding carboxylic acids is 1. The van der Waals surface area contributed by atoms with E-state index in [9.17, 15) is 20.1 Å². The van der Waals surface area contributed by atoms with Crippen LogP contribution in [-0.4, -0.2) is 101 Å². The molecule has 3 aliphatic rings. The number of amides is 1. The van der Waals surface area contributed by atoms with E-state index in [1.54, 1.807) is 20.3 Å². The van der Waals surface area contributed by atoms with Crippen LogP contribution in [-0.2, 0) is 14.3 Å². The van der Waals surface area contributed by atoms with Crippen molar-refractivity contribution in [1.82, 2.24) is 10.6 Å². The van der Waals surface area contributed by atoms with Crippen molar-refractivity contribution in [2.45, 2.75) is 79.1 Å². The number of methoxy groups -OCH3 is 1. The Morgan fingerprint density at radius 2 is 1.94 bits per heavy atom. The third-order valence-corrected chi connectivity index (χ3v) is 8.75. The maximum atomic E-state index is 13.4. The summed E-state index contributed by atoms with van der Waals surface area (Å²) in [6.07, 6.45) is -1.84. The Bertz CT molecular complexity index is 876. The molecule has 3 heterocycles. The second-order valence-electron chi connectivity index (χ2n) is 9.86. The molecule has 0 saturated carbocycles. The van der Waals surface area contributed by atoms with E-state index < -0.39 is 47.3 Å². The number of benzene rings is 1. The molecule has 0 aromatic heterocycles. The molecular weight excluding hydrogens is 508 g/mol. The van der Waals surface area contributed by atoms with E-state index in [2.05, 4.69) is 22.8 Å². The Morgan fingerprint density at radius 3 is 2.58 bits per heavy atom. The van der Waals surface area contributed by atoms with Crippen molar-refractivity contribution in [2.24, 2.45) is 5.92 Å². The highest BCUT2D eigenvalue weighted by atomic mass is 35.5. The fourth-order valence-electron chi connectivity index (χ4n) is 5.56. The number of hydrogen-bond acceptors (Lipinski definition) is 9. The van der Waals surface area contributed by atoms with Crippen LogP contribution in [0.1, 0.15) is 31.2 Å². The average molecular weight is 545 g/mol. The van der Waals surface area contributed by atoms with Gasteiger partial charge < -0.3 is 40.2 Å². The number of rotatable bonds is 7. The minimum Gasteiger partial charge on any atom is -0.497 e. The molecule has 3 saturated heterocycles. The number of alkyl halides is 1. The molecule has 0 bridgehead atoms. The molecule has 11 atom stereocenters. The number of carbonyl (C=O) groups is 1. The highest BCUT2D eigenvalue weighted by Crippen LogP contribution is 2.37. The smallest absolute Gasteiger partial charge is 0.240 e. The van der Waals surface area contributed by atoms with Gasteiger partial charge in [-0.2, -0.15) is 0 Å². The summed E-state index contributed by atoms with van der Waals surface area (Å²) in [5, 5.41) is 36.8. The molecule has 0 spiro atoms. The highest BCUT2D eigenvalue weighted by Gasteiger charge is 2.49. The van der Waals surface area contributed by atoms with Gasteiger partial charge in [0.25, 0.3) is 0 Å². The average Bonchev–Trinajstić information content (AvgIpc) is 3.16. The molecule has 0 aliphatic carbocycles. The van der Waals surface area contributed by atoms with Gasteiger partial charge in [0, 0.05) is 19.1 Å². The maximum absolute atomic E-state index is 13.4. The van der Waals surface area contributed by atoms with Crippen LogP contribution in [0.25, 0.3) is 0 Å². The minimum atomic E-state index is -1.41. The number of halogens is 1. The summed E-state index contributed by atoms with van der Waals surface area (Å²) in [6.45, 7) is 2.89. The van der Waals surface area contributed by atoms with Crippen molar-refractivity contribution in [2.75, 3.05) is 26.5 Å². The van der Waals surface area contributed by atoms with Crippen LogP contribution in [0.4, 0.5) is 0 Å². The summed E-state index contributed by atoms with van der Waals surface area (Å²) in [5.41, 5.74) is 0.480. The molecule has 5 N–H and O–H groups in total. The molecule has 4 rings (SSSR count). The van der Waals surface area contributed by atoms with Crippen LogP contribution in [0, 0.1) is 5.92 Å². The SMILES string of the molecule is COc1ccc(C2CCO[C@@H]3[C@H](CN[C@@H]3C(=O)N[C@H]([C@H](C)Cl)[C@H]3OC(SC)[C@H](O)C(O)C3O)C2)cc1. The summed E-state index contributed by atoms with van der Waals surface area (Å²) in [6, 6.07) is 6.75. The zero-order valence-electron chi connectivity index (χ0n) is 20.7. The molecule has 202 valence electrons. The Kier molecular flexibility index (Phi) is 9.43. The number of ether oxygens (including phenoxy) is 3. The molecule has 4 unspecified atom stereocenters. The molecule has 1 amide bonds. The fourth-order valence-corrected chi connectivity index (χ4v) is 6.45. The van der Waals surface area contributed by atoms with E-state index in [-0.39, 0.29) is 17.9 Å². The second kappa shape index (κ2) is 12.2. The first kappa shape index (κ1) is 27.9. The van der Waals surface area contributed by atoms with Gasteiger partial charge in [-0.25, -0.2) is 0 Å². The van der Waals surface area contributed by atoms with Crippen LogP contribution in [0.2, 0.25) is 0 Å². The zero-order valence-corrected chi connectivity index (χ0v) is 22.3. The summed E-state index contributed by atoms with van der Waals surface area (Å²) in [5.74, 6) is 1.02. The molecule has 11 heteroatoms. The quantitative estimate of drug-likeness (QED) is 0.317. The van der Waals surface area contributed by atoms with Crippen LogP contribution < -0.4 is 15.4 Å². The number of aliphatic hydroxyl groups excluding tert-OH is 3. The van der Waals surface area contributed by atoms with Crippen molar-refractivity contribution in [3.8, 4) is 5.75 Å². The first-order chi connectivity index (χ1) is 17.2. The second-order valence-corrected chi connectivity index (χ2v) is 11.5. The number of fused-ring (bicyclic) bond motifs is 1. The lowest BCUT2D eigenvalue weighted by atomic mass is 9.85. The molecule has 0 radical (unpaired) electrons. The van der Waals surface area contributed by atoms with Crippen molar-refractivity contribution in [1.29, 1.82) is 0 Å². The Hall–Kier alpha value is -1.11. The topological polar surface area (TPSA) is 130 Å². The lowest BCUT2D eigenvalue weighted by Gasteiger charge is -2.44. The number of nitrogens with one attached hydrogen (secondary N) is 2. The van der Waals surface area contributed by atoms with Crippen LogP contribution in [0.5, 0.6) is 5.75 Å². The number of aliphatic hydroxyl groups is 3. The Labute approximate surface area is 221 Å². The number of thioether (sulfide) groups is 1. The highest BCUT2D eigenvalue weighted by molar-refractivity contribution is 7.99. The summed E-state index contributed by atoms with van der Waals surface area (Å²) < 4.78 is 17.3. The van der Waals surface area contributed by atoms with Gasteiger partial charge in [-0.3, -0.25) is 4.79 Å². The predicted molar refractivity (Wildman–Crippen MR) is 137 cm³/mol. The third-order valence-electron chi connectivity index (χ3n) is 7.62.